The highest BCUT2D eigenvalue weighted by molar-refractivity contribution is 5.84. The normalized spacial score (nSPS) is 16.0. The van der Waals surface area contributed by atoms with Crippen molar-refractivity contribution in [3.05, 3.63) is 35.8 Å². The standard InChI is InChI=1S/C17H21FN2O/c1-17(2,10-20-16(21)11-4-3-5-11)14-9-19-15-7-6-12(18)8-13(14)15/h6-9,11,19H,3-5,10H2,1-2H3,(H,20,21). The minimum atomic E-state index is -0.245. The van der Waals surface area contributed by atoms with E-state index in [9.17, 15) is 9.18 Å². The highest BCUT2D eigenvalue weighted by atomic mass is 19.1. The van der Waals surface area contributed by atoms with Crippen molar-refractivity contribution in [2.24, 2.45) is 5.92 Å². The van der Waals surface area contributed by atoms with Crippen LogP contribution in [0.4, 0.5) is 4.39 Å². The number of aromatic amines is 1. The fourth-order valence-electron chi connectivity index (χ4n) is 2.87. The average Bonchev–Trinajstić information content (AvgIpc) is 2.78. The summed E-state index contributed by atoms with van der Waals surface area (Å²) < 4.78 is 13.5. The van der Waals surface area contributed by atoms with Gasteiger partial charge in [0.05, 0.1) is 0 Å². The lowest BCUT2D eigenvalue weighted by Gasteiger charge is -2.29. The molecule has 112 valence electrons. The van der Waals surface area contributed by atoms with Gasteiger partial charge in [-0.2, -0.15) is 0 Å². The van der Waals surface area contributed by atoms with Crippen molar-refractivity contribution in [2.75, 3.05) is 6.54 Å². The van der Waals surface area contributed by atoms with E-state index in [1.807, 2.05) is 6.20 Å². The number of carbonyl (C=O) groups excluding carboxylic acids is 1. The Balaban J connectivity index is 1.78. The Morgan fingerprint density at radius 3 is 2.86 bits per heavy atom. The highest BCUT2D eigenvalue weighted by Crippen LogP contribution is 2.31. The van der Waals surface area contributed by atoms with Crippen molar-refractivity contribution >= 4 is 16.8 Å². The van der Waals surface area contributed by atoms with Crippen molar-refractivity contribution in [1.29, 1.82) is 0 Å². The molecular weight excluding hydrogens is 267 g/mol. The Kier molecular flexibility index (Phi) is 3.47. The molecule has 1 fully saturated rings. The molecule has 1 aromatic carbocycles. The topological polar surface area (TPSA) is 44.9 Å². The van der Waals surface area contributed by atoms with Gasteiger partial charge in [0.1, 0.15) is 5.82 Å². The van der Waals surface area contributed by atoms with Crippen LogP contribution in [0.5, 0.6) is 0 Å². The Labute approximate surface area is 123 Å². The second-order valence-electron chi connectivity index (χ2n) is 6.62. The summed E-state index contributed by atoms with van der Waals surface area (Å²) in [7, 11) is 0. The zero-order chi connectivity index (χ0) is 15.0. The number of fused-ring (bicyclic) bond motifs is 1. The third kappa shape index (κ3) is 2.67. The summed E-state index contributed by atoms with van der Waals surface area (Å²) >= 11 is 0. The van der Waals surface area contributed by atoms with E-state index >= 15 is 0 Å². The molecule has 0 radical (unpaired) electrons. The number of hydrogen-bond acceptors (Lipinski definition) is 1. The van der Waals surface area contributed by atoms with Gasteiger partial charge in [-0.05, 0) is 36.6 Å². The number of carbonyl (C=O) groups is 1. The summed E-state index contributed by atoms with van der Waals surface area (Å²) in [4.78, 5) is 15.2. The summed E-state index contributed by atoms with van der Waals surface area (Å²) in [6.07, 6.45) is 5.08. The number of hydrogen-bond donors (Lipinski definition) is 2. The van der Waals surface area contributed by atoms with Gasteiger partial charge in [0.25, 0.3) is 0 Å². The maximum Gasteiger partial charge on any atom is 0.223 e. The van der Waals surface area contributed by atoms with E-state index in [1.54, 1.807) is 12.1 Å². The largest absolute Gasteiger partial charge is 0.361 e. The zero-order valence-corrected chi connectivity index (χ0v) is 12.5. The van der Waals surface area contributed by atoms with Gasteiger partial charge in [-0.1, -0.05) is 20.3 Å². The lowest BCUT2D eigenvalue weighted by atomic mass is 9.82. The van der Waals surface area contributed by atoms with Crippen molar-refractivity contribution in [3.8, 4) is 0 Å². The average molecular weight is 288 g/mol. The Morgan fingerprint density at radius 1 is 1.43 bits per heavy atom. The first-order valence-corrected chi connectivity index (χ1v) is 7.52. The number of aromatic nitrogens is 1. The van der Waals surface area contributed by atoms with Crippen LogP contribution in [0.1, 0.15) is 38.7 Å². The SMILES string of the molecule is CC(C)(CNC(=O)C1CCC1)c1c[nH]c2ccc(F)cc12. The van der Waals surface area contributed by atoms with Gasteiger partial charge in [-0.25, -0.2) is 4.39 Å². The van der Waals surface area contributed by atoms with Crippen LogP contribution in [0, 0.1) is 11.7 Å². The monoisotopic (exact) mass is 288 g/mol. The van der Waals surface area contributed by atoms with Crippen molar-refractivity contribution in [3.63, 3.8) is 0 Å². The Morgan fingerprint density at radius 2 is 2.19 bits per heavy atom. The second-order valence-corrected chi connectivity index (χ2v) is 6.62. The number of amides is 1. The molecule has 1 saturated carbocycles. The lowest BCUT2D eigenvalue weighted by molar-refractivity contribution is -0.127. The van der Waals surface area contributed by atoms with Gasteiger partial charge < -0.3 is 10.3 Å². The van der Waals surface area contributed by atoms with Crippen molar-refractivity contribution in [1.82, 2.24) is 10.3 Å². The predicted molar refractivity (Wildman–Crippen MR) is 81.6 cm³/mol. The maximum atomic E-state index is 13.5. The summed E-state index contributed by atoms with van der Waals surface area (Å²) in [5.74, 6) is 0.110. The van der Waals surface area contributed by atoms with Gasteiger partial charge in [0.2, 0.25) is 5.91 Å². The molecule has 1 aliphatic carbocycles. The van der Waals surface area contributed by atoms with E-state index < -0.39 is 0 Å². The quantitative estimate of drug-likeness (QED) is 0.888. The van der Waals surface area contributed by atoms with Crippen LogP contribution in [0.2, 0.25) is 0 Å². The lowest BCUT2D eigenvalue weighted by Crippen LogP contribution is -2.41. The van der Waals surface area contributed by atoms with Crippen LogP contribution >= 0.6 is 0 Å². The smallest absolute Gasteiger partial charge is 0.223 e. The molecule has 0 saturated heterocycles. The number of rotatable bonds is 4. The van der Waals surface area contributed by atoms with E-state index in [-0.39, 0.29) is 23.1 Å². The van der Waals surface area contributed by atoms with Crippen LogP contribution in [0.15, 0.2) is 24.4 Å². The number of H-pyrrole nitrogens is 1. The molecule has 1 heterocycles. The maximum absolute atomic E-state index is 13.5. The van der Waals surface area contributed by atoms with E-state index in [0.717, 1.165) is 35.7 Å². The van der Waals surface area contributed by atoms with E-state index in [0.29, 0.717) is 6.54 Å². The molecule has 0 unspecified atom stereocenters. The fraction of sp³-hybridized carbons (Fsp3) is 0.471. The summed E-state index contributed by atoms with van der Waals surface area (Å²) in [5, 5.41) is 3.93. The number of benzene rings is 1. The summed E-state index contributed by atoms with van der Waals surface area (Å²) in [5.41, 5.74) is 1.71. The third-order valence-corrected chi connectivity index (χ3v) is 4.55. The molecule has 3 rings (SSSR count). The van der Waals surface area contributed by atoms with Crippen molar-refractivity contribution in [2.45, 2.75) is 38.5 Å². The van der Waals surface area contributed by atoms with Crippen LogP contribution < -0.4 is 5.32 Å². The fourth-order valence-corrected chi connectivity index (χ4v) is 2.87. The van der Waals surface area contributed by atoms with Crippen LogP contribution in [0.3, 0.4) is 0 Å². The molecule has 1 aliphatic rings. The molecule has 2 aromatic rings. The molecule has 0 spiro atoms. The van der Waals surface area contributed by atoms with Crippen molar-refractivity contribution < 1.29 is 9.18 Å². The van der Waals surface area contributed by atoms with Gasteiger partial charge in [-0.15, -0.1) is 0 Å². The molecule has 21 heavy (non-hydrogen) atoms. The molecule has 4 heteroatoms. The van der Waals surface area contributed by atoms with Crippen LogP contribution in [0.25, 0.3) is 10.9 Å². The van der Waals surface area contributed by atoms with E-state index in [2.05, 4.69) is 24.1 Å². The van der Waals surface area contributed by atoms with Crippen LogP contribution in [-0.4, -0.2) is 17.4 Å². The highest BCUT2D eigenvalue weighted by Gasteiger charge is 2.29. The Hall–Kier alpha value is -1.84. The molecule has 0 atom stereocenters. The molecular formula is C17H21FN2O. The summed E-state index contributed by atoms with van der Waals surface area (Å²) in [6.45, 7) is 4.70. The van der Waals surface area contributed by atoms with Gasteiger partial charge in [0, 0.05) is 35.0 Å². The number of nitrogens with one attached hydrogen (secondary N) is 2. The van der Waals surface area contributed by atoms with Gasteiger partial charge >= 0.3 is 0 Å². The third-order valence-electron chi connectivity index (χ3n) is 4.55. The van der Waals surface area contributed by atoms with Gasteiger partial charge in [-0.3, -0.25) is 4.79 Å². The molecule has 3 nitrogen and oxygen atoms in total. The van der Waals surface area contributed by atoms with E-state index in [4.69, 9.17) is 0 Å². The predicted octanol–water partition coefficient (Wildman–Crippen LogP) is 3.50. The summed E-state index contributed by atoms with van der Waals surface area (Å²) in [6, 6.07) is 4.75. The van der Waals surface area contributed by atoms with E-state index in [1.165, 1.54) is 6.07 Å². The molecule has 1 amide bonds. The minimum absolute atomic E-state index is 0.153. The minimum Gasteiger partial charge on any atom is -0.361 e. The first-order valence-electron chi connectivity index (χ1n) is 7.52. The second kappa shape index (κ2) is 5.17. The number of halogens is 1. The van der Waals surface area contributed by atoms with Gasteiger partial charge in [0.15, 0.2) is 0 Å². The zero-order valence-electron chi connectivity index (χ0n) is 12.5. The molecule has 2 N–H and O–H groups in total. The first kappa shape index (κ1) is 14.1. The Bertz CT molecular complexity index is 670. The first-order chi connectivity index (χ1) is 9.97. The van der Waals surface area contributed by atoms with Crippen LogP contribution in [-0.2, 0) is 10.2 Å². The molecule has 0 aliphatic heterocycles. The molecule has 0 bridgehead atoms. The molecule has 1 aromatic heterocycles.